The van der Waals surface area contributed by atoms with Crippen molar-refractivity contribution < 1.29 is 9.53 Å². The van der Waals surface area contributed by atoms with Crippen LogP contribution in [-0.2, 0) is 6.54 Å². The molecule has 0 saturated heterocycles. The van der Waals surface area contributed by atoms with E-state index < -0.39 is 0 Å². The van der Waals surface area contributed by atoms with Crippen LogP contribution < -0.4 is 4.74 Å². The Balaban J connectivity index is 2.65. The second-order valence-corrected chi connectivity index (χ2v) is 3.61. The van der Waals surface area contributed by atoms with Crippen LogP contribution in [0, 0.1) is 0 Å². The Morgan fingerprint density at radius 3 is 2.94 bits per heavy atom. The van der Waals surface area contributed by atoms with Crippen molar-refractivity contribution in [1.82, 2.24) is 9.78 Å². The maximum atomic E-state index is 10.9. The molecule has 16 heavy (non-hydrogen) atoms. The molecule has 0 radical (unpaired) electrons. The van der Waals surface area contributed by atoms with Crippen molar-refractivity contribution >= 4 is 17.2 Å². The summed E-state index contributed by atoms with van der Waals surface area (Å²) in [4.78, 5) is 10.9. The fourth-order valence-electron chi connectivity index (χ4n) is 1.78. The lowest BCUT2D eigenvalue weighted by molar-refractivity contribution is 0.111. The number of aromatic nitrogens is 2. The van der Waals surface area contributed by atoms with Crippen molar-refractivity contribution in [2.45, 2.75) is 19.9 Å². The summed E-state index contributed by atoms with van der Waals surface area (Å²) < 4.78 is 7.02. The van der Waals surface area contributed by atoms with Crippen LogP contribution >= 0.6 is 0 Å². The maximum absolute atomic E-state index is 10.9. The lowest BCUT2D eigenvalue weighted by atomic mass is 10.2. The number of carbonyl (C=O) groups excluding carboxylic acids is 1. The van der Waals surface area contributed by atoms with Gasteiger partial charge in [0.1, 0.15) is 11.4 Å². The number of nitrogens with zero attached hydrogens (tertiary/aromatic N) is 2. The van der Waals surface area contributed by atoms with Gasteiger partial charge in [0, 0.05) is 18.0 Å². The molecule has 1 heterocycles. The topological polar surface area (TPSA) is 44.1 Å². The molecular formula is C12H14N2O2. The number of ether oxygens (including phenoxy) is 1. The highest BCUT2D eigenvalue weighted by Crippen LogP contribution is 2.23. The quantitative estimate of drug-likeness (QED) is 0.739. The van der Waals surface area contributed by atoms with Gasteiger partial charge in [-0.2, -0.15) is 5.10 Å². The highest BCUT2D eigenvalue weighted by molar-refractivity contribution is 5.95. The molecule has 0 aliphatic rings. The first-order chi connectivity index (χ1) is 7.80. The second-order valence-electron chi connectivity index (χ2n) is 3.61. The summed E-state index contributed by atoms with van der Waals surface area (Å²) in [5, 5.41) is 5.14. The minimum atomic E-state index is 0.492. The standard InChI is InChI=1S/C12H14N2O2/c1-3-6-14-12-7-9(16-2)4-5-10(12)11(8-15)13-14/h4-5,7-8H,3,6H2,1-2H3. The zero-order chi connectivity index (χ0) is 11.5. The van der Waals surface area contributed by atoms with Gasteiger partial charge in [-0.15, -0.1) is 0 Å². The molecule has 2 rings (SSSR count). The molecule has 0 amide bonds. The van der Waals surface area contributed by atoms with Crippen molar-refractivity contribution in [3.63, 3.8) is 0 Å². The molecule has 0 N–H and O–H groups in total. The number of benzene rings is 1. The Labute approximate surface area is 93.8 Å². The predicted octanol–water partition coefficient (Wildman–Crippen LogP) is 2.27. The van der Waals surface area contributed by atoms with Crippen LogP contribution in [0.5, 0.6) is 5.75 Å². The first kappa shape index (κ1) is 10.7. The number of fused-ring (bicyclic) bond motifs is 1. The first-order valence-electron chi connectivity index (χ1n) is 5.30. The Bertz CT molecular complexity index is 517. The molecule has 4 nitrogen and oxygen atoms in total. The molecule has 0 aliphatic heterocycles. The molecule has 0 spiro atoms. The van der Waals surface area contributed by atoms with E-state index in [1.165, 1.54) is 0 Å². The normalized spacial score (nSPS) is 10.6. The number of hydrogen-bond donors (Lipinski definition) is 0. The van der Waals surface area contributed by atoms with E-state index in [-0.39, 0.29) is 0 Å². The van der Waals surface area contributed by atoms with Crippen molar-refractivity contribution in [1.29, 1.82) is 0 Å². The van der Waals surface area contributed by atoms with Crippen molar-refractivity contribution in [2.75, 3.05) is 7.11 Å². The van der Waals surface area contributed by atoms with E-state index in [2.05, 4.69) is 12.0 Å². The summed E-state index contributed by atoms with van der Waals surface area (Å²) in [6.07, 6.45) is 1.77. The third-order valence-corrected chi connectivity index (χ3v) is 2.53. The van der Waals surface area contributed by atoms with E-state index >= 15 is 0 Å². The van der Waals surface area contributed by atoms with Gasteiger partial charge in [-0.1, -0.05) is 6.92 Å². The van der Waals surface area contributed by atoms with E-state index in [9.17, 15) is 4.79 Å². The van der Waals surface area contributed by atoms with Gasteiger partial charge in [0.05, 0.1) is 12.6 Å². The molecule has 0 fully saturated rings. The lowest BCUT2D eigenvalue weighted by Crippen LogP contribution is -1.99. The molecule has 0 aliphatic carbocycles. The van der Waals surface area contributed by atoms with Gasteiger partial charge in [0.25, 0.3) is 0 Å². The molecule has 0 bridgehead atoms. The number of rotatable bonds is 4. The molecule has 1 aromatic heterocycles. The smallest absolute Gasteiger partial charge is 0.170 e. The summed E-state index contributed by atoms with van der Waals surface area (Å²) in [6.45, 7) is 2.88. The van der Waals surface area contributed by atoms with Crippen LogP contribution in [0.2, 0.25) is 0 Å². The van der Waals surface area contributed by atoms with E-state index in [0.717, 1.165) is 35.9 Å². The molecule has 0 saturated carbocycles. The van der Waals surface area contributed by atoms with Gasteiger partial charge in [-0.25, -0.2) is 0 Å². The maximum Gasteiger partial charge on any atom is 0.170 e. The van der Waals surface area contributed by atoms with Crippen LogP contribution in [0.15, 0.2) is 18.2 Å². The number of aldehydes is 1. The zero-order valence-corrected chi connectivity index (χ0v) is 9.43. The van der Waals surface area contributed by atoms with Crippen LogP contribution in [0.1, 0.15) is 23.8 Å². The molecule has 0 unspecified atom stereocenters. The Kier molecular flexibility index (Phi) is 2.90. The Morgan fingerprint density at radius 1 is 1.50 bits per heavy atom. The van der Waals surface area contributed by atoms with Crippen LogP contribution in [0.25, 0.3) is 10.9 Å². The molecule has 84 valence electrons. The van der Waals surface area contributed by atoms with E-state index in [1.54, 1.807) is 7.11 Å². The molecule has 1 aromatic carbocycles. The first-order valence-corrected chi connectivity index (χ1v) is 5.30. The fraction of sp³-hybridized carbons (Fsp3) is 0.333. The molecule has 2 aromatic rings. The lowest BCUT2D eigenvalue weighted by Gasteiger charge is -2.02. The minimum absolute atomic E-state index is 0.492. The third-order valence-electron chi connectivity index (χ3n) is 2.53. The summed E-state index contributed by atoms with van der Waals surface area (Å²) in [5.74, 6) is 0.780. The van der Waals surface area contributed by atoms with Crippen LogP contribution in [-0.4, -0.2) is 23.2 Å². The van der Waals surface area contributed by atoms with E-state index in [0.29, 0.717) is 5.69 Å². The third kappa shape index (κ3) is 1.66. The number of carbonyl (C=O) groups is 1. The average molecular weight is 218 g/mol. The monoisotopic (exact) mass is 218 g/mol. The largest absolute Gasteiger partial charge is 0.497 e. The van der Waals surface area contributed by atoms with Crippen molar-refractivity contribution in [2.24, 2.45) is 0 Å². The number of methoxy groups -OCH3 is 1. The van der Waals surface area contributed by atoms with Gasteiger partial charge < -0.3 is 4.74 Å². The Hall–Kier alpha value is -1.84. The molecule has 0 atom stereocenters. The molecule has 4 heteroatoms. The van der Waals surface area contributed by atoms with Gasteiger partial charge in [0.2, 0.25) is 0 Å². The predicted molar refractivity (Wildman–Crippen MR) is 62.0 cm³/mol. The minimum Gasteiger partial charge on any atom is -0.497 e. The second kappa shape index (κ2) is 4.35. The summed E-state index contributed by atoms with van der Waals surface area (Å²) in [5.41, 5.74) is 1.44. The highest BCUT2D eigenvalue weighted by Gasteiger charge is 2.09. The molecular weight excluding hydrogens is 204 g/mol. The van der Waals surface area contributed by atoms with Gasteiger partial charge >= 0.3 is 0 Å². The zero-order valence-electron chi connectivity index (χ0n) is 9.43. The van der Waals surface area contributed by atoms with E-state index in [4.69, 9.17) is 4.74 Å². The number of hydrogen-bond acceptors (Lipinski definition) is 3. The van der Waals surface area contributed by atoms with Gasteiger partial charge in [-0.05, 0) is 18.6 Å². The SMILES string of the molecule is CCCn1nc(C=O)c2ccc(OC)cc21. The Morgan fingerprint density at radius 2 is 2.31 bits per heavy atom. The van der Waals surface area contributed by atoms with Gasteiger partial charge in [-0.3, -0.25) is 9.48 Å². The van der Waals surface area contributed by atoms with Crippen LogP contribution in [0.3, 0.4) is 0 Å². The summed E-state index contributed by atoms with van der Waals surface area (Å²) >= 11 is 0. The fourth-order valence-corrected chi connectivity index (χ4v) is 1.78. The number of aryl methyl sites for hydroxylation is 1. The summed E-state index contributed by atoms with van der Waals surface area (Å²) in [6, 6.07) is 5.62. The van der Waals surface area contributed by atoms with E-state index in [1.807, 2.05) is 22.9 Å². The van der Waals surface area contributed by atoms with Crippen molar-refractivity contribution in [3.8, 4) is 5.75 Å². The summed E-state index contributed by atoms with van der Waals surface area (Å²) in [7, 11) is 1.63. The van der Waals surface area contributed by atoms with Gasteiger partial charge in [0.15, 0.2) is 6.29 Å². The van der Waals surface area contributed by atoms with Crippen molar-refractivity contribution in [3.05, 3.63) is 23.9 Å². The highest BCUT2D eigenvalue weighted by atomic mass is 16.5. The van der Waals surface area contributed by atoms with Crippen LogP contribution in [0.4, 0.5) is 0 Å². The average Bonchev–Trinajstić information content (AvgIpc) is 2.67.